The predicted octanol–water partition coefficient (Wildman–Crippen LogP) is 1.98. The Morgan fingerprint density at radius 1 is 1.31 bits per heavy atom. The van der Waals surface area contributed by atoms with Gasteiger partial charge >= 0.3 is 0 Å². The number of morpholine rings is 1. The largest absolute Gasteiger partial charge is 0.469 e. The summed E-state index contributed by atoms with van der Waals surface area (Å²) in [5.41, 5.74) is 0. The number of hydrogen-bond donors (Lipinski definition) is 2. The van der Waals surface area contributed by atoms with E-state index in [9.17, 15) is 0 Å². The molecule has 26 heavy (non-hydrogen) atoms. The molecule has 0 amide bonds. The molecule has 0 bridgehead atoms. The summed E-state index contributed by atoms with van der Waals surface area (Å²) in [6.45, 7) is 9.68. The quantitative estimate of drug-likeness (QED) is 0.531. The molecule has 1 atom stereocenters. The van der Waals surface area contributed by atoms with Gasteiger partial charge in [-0.1, -0.05) is 0 Å². The van der Waals surface area contributed by atoms with E-state index in [4.69, 9.17) is 14.1 Å². The molecule has 2 fully saturated rings. The monoisotopic (exact) mass is 380 g/mol. The van der Waals surface area contributed by atoms with Crippen molar-refractivity contribution >= 4 is 17.7 Å². The molecule has 0 aliphatic carbocycles. The van der Waals surface area contributed by atoms with Crippen molar-refractivity contribution in [1.29, 1.82) is 0 Å². The highest BCUT2D eigenvalue weighted by Gasteiger charge is 2.29. The second-order valence-electron chi connectivity index (χ2n) is 7.20. The maximum absolute atomic E-state index is 5.41. The highest BCUT2D eigenvalue weighted by molar-refractivity contribution is 8.00. The molecule has 6 nitrogen and oxygen atoms in total. The number of furan rings is 1. The number of aliphatic imine (C=N–C) groups is 1. The van der Waals surface area contributed by atoms with E-state index in [0.717, 1.165) is 70.6 Å². The summed E-state index contributed by atoms with van der Waals surface area (Å²) in [7, 11) is 0. The van der Waals surface area contributed by atoms with Crippen molar-refractivity contribution < 1.29 is 9.15 Å². The van der Waals surface area contributed by atoms with E-state index in [0.29, 0.717) is 4.75 Å². The van der Waals surface area contributed by atoms with E-state index in [2.05, 4.69) is 34.2 Å². The highest BCUT2D eigenvalue weighted by atomic mass is 32.2. The third kappa shape index (κ3) is 6.52. The summed E-state index contributed by atoms with van der Waals surface area (Å²) in [6.07, 6.45) is 5.16. The summed E-state index contributed by atoms with van der Waals surface area (Å²) < 4.78 is 11.1. The van der Waals surface area contributed by atoms with Crippen LogP contribution >= 0.6 is 11.8 Å². The first-order valence-corrected chi connectivity index (χ1v) is 10.7. The van der Waals surface area contributed by atoms with E-state index in [-0.39, 0.29) is 0 Å². The van der Waals surface area contributed by atoms with Gasteiger partial charge in [0.05, 0.1) is 26.0 Å². The number of hydrogen-bond acceptors (Lipinski definition) is 5. The Morgan fingerprint density at radius 2 is 2.15 bits per heavy atom. The predicted molar refractivity (Wildman–Crippen MR) is 108 cm³/mol. The minimum Gasteiger partial charge on any atom is -0.469 e. The van der Waals surface area contributed by atoms with Gasteiger partial charge in [0.1, 0.15) is 5.76 Å². The first-order chi connectivity index (χ1) is 12.7. The molecule has 3 rings (SSSR count). The summed E-state index contributed by atoms with van der Waals surface area (Å²) in [6, 6.07) is 3.95. The van der Waals surface area contributed by atoms with E-state index < -0.39 is 0 Å². The molecule has 2 saturated heterocycles. The van der Waals surface area contributed by atoms with Gasteiger partial charge in [-0.3, -0.25) is 9.89 Å². The van der Waals surface area contributed by atoms with Gasteiger partial charge in [-0.15, -0.1) is 0 Å². The van der Waals surface area contributed by atoms with Crippen molar-refractivity contribution in [3.8, 4) is 0 Å². The normalized spacial score (nSPS) is 24.7. The number of ether oxygens (including phenoxy) is 1. The maximum atomic E-state index is 5.41. The lowest BCUT2D eigenvalue weighted by Crippen LogP contribution is -2.45. The zero-order chi connectivity index (χ0) is 18.1. The van der Waals surface area contributed by atoms with Crippen LogP contribution in [0.3, 0.4) is 0 Å². The van der Waals surface area contributed by atoms with Crippen molar-refractivity contribution in [2.24, 2.45) is 4.99 Å². The summed E-state index contributed by atoms with van der Waals surface area (Å²) in [4.78, 5) is 7.31. The molecular weight excluding hydrogens is 348 g/mol. The van der Waals surface area contributed by atoms with Crippen LogP contribution in [-0.2, 0) is 11.2 Å². The van der Waals surface area contributed by atoms with E-state index in [1.807, 2.05) is 12.1 Å². The molecule has 0 spiro atoms. The molecule has 0 radical (unpaired) electrons. The molecule has 1 aromatic heterocycles. The van der Waals surface area contributed by atoms with Crippen LogP contribution in [0.4, 0.5) is 0 Å². The highest BCUT2D eigenvalue weighted by Crippen LogP contribution is 2.37. The summed E-state index contributed by atoms with van der Waals surface area (Å²) >= 11 is 2.06. The Kier molecular flexibility index (Phi) is 7.70. The van der Waals surface area contributed by atoms with Gasteiger partial charge in [-0.25, -0.2) is 0 Å². The van der Waals surface area contributed by atoms with Crippen LogP contribution in [0.1, 0.15) is 25.5 Å². The van der Waals surface area contributed by atoms with Crippen molar-refractivity contribution in [3.63, 3.8) is 0 Å². The molecule has 2 aliphatic rings. The van der Waals surface area contributed by atoms with Crippen LogP contribution in [0.15, 0.2) is 27.8 Å². The Morgan fingerprint density at radius 3 is 2.88 bits per heavy atom. The van der Waals surface area contributed by atoms with Gasteiger partial charge in [0.25, 0.3) is 0 Å². The lowest BCUT2D eigenvalue weighted by molar-refractivity contribution is 0.0389. The van der Waals surface area contributed by atoms with E-state index >= 15 is 0 Å². The SMILES string of the molecule is CC1(CN=C(NCCc2ccco2)NCCN2CCOCC2)CCCS1. The fourth-order valence-corrected chi connectivity index (χ4v) is 4.52. The molecule has 2 N–H and O–H groups in total. The first kappa shape index (κ1) is 19.6. The van der Waals surface area contributed by atoms with E-state index in [1.54, 1.807) is 6.26 Å². The number of thioether (sulfide) groups is 1. The van der Waals surface area contributed by atoms with Gasteiger partial charge in [-0.2, -0.15) is 11.8 Å². The minimum absolute atomic E-state index is 0.291. The third-order valence-electron chi connectivity index (χ3n) is 4.94. The maximum Gasteiger partial charge on any atom is 0.191 e. The van der Waals surface area contributed by atoms with Crippen molar-refractivity contribution in [1.82, 2.24) is 15.5 Å². The fourth-order valence-electron chi connectivity index (χ4n) is 3.30. The Balaban J connectivity index is 1.46. The molecule has 146 valence electrons. The molecule has 1 aromatic rings. The average Bonchev–Trinajstić information content (AvgIpc) is 3.32. The second kappa shape index (κ2) is 10.2. The molecule has 0 saturated carbocycles. The van der Waals surface area contributed by atoms with Gasteiger partial charge in [-0.05, 0) is 37.7 Å². The van der Waals surface area contributed by atoms with Gasteiger partial charge < -0.3 is 19.8 Å². The van der Waals surface area contributed by atoms with Crippen LogP contribution in [-0.4, -0.2) is 73.8 Å². The number of nitrogens with zero attached hydrogens (tertiary/aromatic N) is 2. The summed E-state index contributed by atoms with van der Waals surface area (Å²) in [5.74, 6) is 3.18. The Bertz CT molecular complexity index is 538. The van der Waals surface area contributed by atoms with Crippen LogP contribution in [0.5, 0.6) is 0 Å². The molecule has 7 heteroatoms. The Labute approximate surface area is 161 Å². The molecular formula is C19H32N4O2S. The molecule has 1 unspecified atom stereocenters. The first-order valence-electron chi connectivity index (χ1n) is 9.72. The molecule has 3 heterocycles. The lowest BCUT2D eigenvalue weighted by atomic mass is 10.1. The zero-order valence-corrected chi connectivity index (χ0v) is 16.7. The number of guanidine groups is 1. The van der Waals surface area contributed by atoms with Crippen LogP contribution in [0, 0.1) is 0 Å². The number of rotatable bonds is 8. The van der Waals surface area contributed by atoms with Crippen molar-refractivity contribution in [3.05, 3.63) is 24.2 Å². The molecule has 2 aliphatic heterocycles. The topological polar surface area (TPSA) is 62.0 Å². The Hall–Kier alpha value is -1.18. The minimum atomic E-state index is 0.291. The summed E-state index contributed by atoms with van der Waals surface area (Å²) in [5, 5.41) is 6.97. The smallest absolute Gasteiger partial charge is 0.191 e. The average molecular weight is 381 g/mol. The van der Waals surface area contributed by atoms with Crippen molar-refractivity contribution in [2.75, 3.05) is 58.2 Å². The van der Waals surface area contributed by atoms with Crippen LogP contribution < -0.4 is 10.6 Å². The lowest BCUT2D eigenvalue weighted by Gasteiger charge is -2.27. The zero-order valence-electron chi connectivity index (χ0n) is 15.8. The van der Waals surface area contributed by atoms with Gasteiger partial charge in [0, 0.05) is 43.9 Å². The van der Waals surface area contributed by atoms with Gasteiger partial charge in [0.15, 0.2) is 5.96 Å². The van der Waals surface area contributed by atoms with Crippen molar-refractivity contribution in [2.45, 2.75) is 30.9 Å². The van der Waals surface area contributed by atoms with Gasteiger partial charge in [0.2, 0.25) is 0 Å². The van der Waals surface area contributed by atoms with E-state index in [1.165, 1.54) is 18.6 Å². The standard InChI is InChI=1S/C19H32N4O2S/c1-19(6-3-15-26-19)16-22-18(20-7-5-17-4-2-12-25-17)21-8-9-23-10-13-24-14-11-23/h2,4,12H,3,5-11,13-16H2,1H3,(H2,20,21,22). The second-order valence-corrected chi connectivity index (χ2v) is 8.89. The van der Waals surface area contributed by atoms with Crippen LogP contribution in [0.2, 0.25) is 0 Å². The van der Waals surface area contributed by atoms with Crippen LogP contribution in [0.25, 0.3) is 0 Å². The third-order valence-corrected chi connectivity index (χ3v) is 6.46. The molecule has 0 aromatic carbocycles. The fraction of sp³-hybridized carbons (Fsp3) is 0.737. The number of nitrogens with one attached hydrogen (secondary N) is 2.